The molecule has 3 aromatic rings. The number of hydrogen-bond acceptors (Lipinski definition) is 3. The first-order valence-electron chi connectivity index (χ1n) is 6.77. The van der Waals surface area contributed by atoms with Gasteiger partial charge in [-0.15, -0.1) is 0 Å². The van der Waals surface area contributed by atoms with Crippen molar-refractivity contribution in [2.45, 2.75) is 6.54 Å². The zero-order chi connectivity index (χ0) is 15.4. The van der Waals surface area contributed by atoms with E-state index < -0.39 is 0 Å². The summed E-state index contributed by atoms with van der Waals surface area (Å²) in [7, 11) is 0. The number of hydrogen-bond donors (Lipinski definition) is 2. The number of pyridine rings is 1. The Balaban J connectivity index is 1.70. The number of anilines is 1. The molecule has 0 aliphatic rings. The van der Waals surface area contributed by atoms with Gasteiger partial charge in [-0.25, -0.2) is 0 Å². The van der Waals surface area contributed by atoms with Crippen molar-refractivity contribution in [1.82, 2.24) is 14.8 Å². The van der Waals surface area contributed by atoms with Crippen LogP contribution in [0.5, 0.6) is 0 Å². The Hall–Kier alpha value is -3.15. The summed E-state index contributed by atoms with van der Waals surface area (Å²) in [6, 6.07) is 12.8. The highest BCUT2D eigenvalue weighted by Gasteiger charge is 2.09. The zero-order valence-corrected chi connectivity index (χ0v) is 11.7. The molecule has 2 heterocycles. The van der Waals surface area contributed by atoms with E-state index in [9.17, 15) is 9.59 Å². The Labute approximate surface area is 126 Å². The highest BCUT2D eigenvalue weighted by atomic mass is 16.1. The maximum Gasteiger partial charge on any atom is 0.258 e. The minimum absolute atomic E-state index is 0.266. The summed E-state index contributed by atoms with van der Waals surface area (Å²) in [5.74, 6) is -0.301. The summed E-state index contributed by atoms with van der Waals surface area (Å²) in [4.78, 5) is 25.8. The number of rotatable bonds is 4. The van der Waals surface area contributed by atoms with Crippen LogP contribution >= 0.6 is 0 Å². The number of nitrogens with one attached hydrogen (secondary N) is 2. The van der Waals surface area contributed by atoms with E-state index in [1.807, 2.05) is 30.3 Å². The molecule has 1 aromatic carbocycles. The van der Waals surface area contributed by atoms with Crippen LogP contribution in [-0.4, -0.2) is 20.7 Å². The van der Waals surface area contributed by atoms with Gasteiger partial charge in [0.15, 0.2) is 0 Å². The lowest BCUT2D eigenvalue weighted by atomic mass is 10.2. The monoisotopic (exact) mass is 294 g/mol. The van der Waals surface area contributed by atoms with Gasteiger partial charge in [-0.3, -0.25) is 14.3 Å². The minimum Gasteiger partial charge on any atom is -0.329 e. The predicted octanol–water partition coefficient (Wildman–Crippen LogP) is 1.87. The van der Waals surface area contributed by atoms with Crippen LogP contribution in [0.15, 0.2) is 65.8 Å². The number of carbonyl (C=O) groups excluding carboxylic acids is 1. The molecular formula is C16H14N4O2. The molecule has 0 fully saturated rings. The number of benzene rings is 1. The smallest absolute Gasteiger partial charge is 0.258 e. The number of carbonyl (C=O) groups is 1. The van der Waals surface area contributed by atoms with Gasteiger partial charge >= 0.3 is 0 Å². The fourth-order valence-electron chi connectivity index (χ4n) is 2.06. The van der Waals surface area contributed by atoms with Crippen molar-refractivity contribution in [3.05, 3.63) is 82.5 Å². The summed E-state index contributed by atoms with van der Waals surface area (Å²) in [6.45, 7) is 0.596. The molecule has 0 radical (unpaired) electrons. The third-order valence-electron chi connectivity index (χ3n) is 3.12. The third kappa shape index (κ3) is 3.29. The molecule has 0 saturated heterocycles. The first kappa shape index (κ1) is 13.8. The lowest BCUT2D eigenvalue weighted by molar-refractivity contribution is 0.102. The SMILES string of the molecule is O=C(Nc1cc[nH]c(=O)c1)c1cnn(Cc2ccccc2)c1. The van der Waals surface area contributed by atoms with Crippen molar-refractivity contribution in [2.24, 2.45) is 0 Å². The molecule has 0 unspecified atom stereocenters. The van der Waals surface area contributed by atoms with Crippen molar-refractivity contribution in [3.8, 4) is 0 Å². The summed E-state index contributed by atoms with van der Waals surface area (Å²) in [6.07, 6.45) is 4.66. The van der Waals surface area contributed by atoms with Crippen molar-refractivity contribution in [1.29, 1.82) is 0 Å². The van der Waals surface area contributed by atoms with Crippen molar-refractivity contribution in [2.75, 3.05) is 5.32 Å². The Kier molecular flexibility index (Phi) is 3.82. The molecule has 0 saturated carbocycles. The van der Waals surface area contributed by atoms with E-state index in [0.717, 1.165) is 5.56 Å². The van der Waals surface area contributed by atoms with Crippen LogP contribution in [0.25, 0.3) is 0 Å². The first-order chi connectivity index (χ1) is 10.7. The lowest BCUT2D eigenvalue weighted by Crippen LogP contribution is -2.13. The van der Waals surface area contributed by atoms with Gasteiger partial charge < -0.3 is 10.3 Å². The quantitative estimate of drug-likeness (QED) is 0.771. The topological polar surface area (TPSA) is 79.8 Å². The van der Waals surface area contributed by atoms with E-state index in [1.165, 1.54) is 18.5 Å². The molecule has 0 spiro atoms. The fourth-order valence-corrected chi connectivity index (χ4v) is 2.06. The summed E-state index contributed by atoms with van der Waals surface area (Å²) < 4.78 is 1.70. The molecule has 6 heteroatoms. The molecule has 6 nitrogen and oxygen atoms in total. The number of amides is 1. The largest absolute Gasteiger partial charge is 0.329 e. The number of aromatic amines is 1. The highest BCUT2D eigenvalue weighted by Crippen LogP contribution is 2.07. The van der Waals surface area contributed by atoms with E-state index in [0.29, 0.717) is 17.8 Å². The molecule has 2 aromatic heterocycles. The zero-order valence-electron chi connectivity index (χ0n) is 11.7. The summed E-state index contributed by atoms with van der Waals surface area (Å²) >= 11 is 0. The molecule has 110 valence electrons. The van der Waals surface area contributed by atoms with E-state index in [2.05, 4.69) is 15.4 Å². The van der Waals surface area contributed by atoms with E-state index in [4.69, 9.17) is 0 Å². The van der Waals surface area contributed by atoms with Gasteiger partial charge in [0.05, 0.1) is 18.3 Å². The van der Waals surface area contributed by atoms with Crippen LogP contribution < -0.4 is 10.9 Å². The van der Waals surface area contributed by atoms with E-state index in [-0.39, 0.29) is 11.5 Å². The molecule has 0 aliphatic carbocycles. The Morgan fingerprint density at radius 2 is 2.05 bits per heavy atom. The molecule has 3 rings (SSSR count). The number of H-pyrrole nitrogens is 1. The van der Waals surface area contributed by atoms with Gasteiger partial charge in [0.1, 0.15) is 0 Å². The summed E-state index contributed by atoms with van der Waals surface area (Å²) in [5, 5.41) is 6.84. The van der Waals surface area contributed by atoms with E-state index >= 15 is 0 Å². The van der Waals surface area contributed by atoms with E-state index in [1.54, 1.807) is 16.9 Å². The van der Waals surface area contributed by atoms with Gasteiger partial charge in [0, 0.05) is 24.1 Å². The number of nitrogens with zero attached hydrogens (tertiary/aromatic N) is 2. The Bertz CT molecular complexity index is 836. The Morgan fingerprint density at radius 3 is 2.82 bits per heavy atom. The number of aromatic nitrogens is 3. The lowest BCUT2D eigenvalue weighted by Gasteiger charge is -2.02. The maximum absolute atomic E-state index is 12.1. The van der Waals surface area contributed by atoms with Gasteiger partial charge in [0.2, 0.25) is 5.56 Å². The van der Waals surface area contributed by atoms with Crippen LogP contribution in [-0.2, 0) is 6.54 Å². The van der Waals surface area contributed by atoms with Crippen LogP contribution in [0.3, 0.4) is 0 Å². The molecule has 2 N–H and O–H groups in total. The Morgan fingerprint density at radius 1 is 1.23 bits per heavy atom. The molecular weight excluding hydrogens is 280 g/mol. The second-order valence-corrected chi connectivity index (χ2v) is 4.81. The normalized spacial score (nSPS) is 10.4. The van der Waals surface area contributed by atoms with Crippen molar-refractivity contribution < 1.29 is 4.79 Å². The van der Waals surface area contributed by atoms with Crippen LogP contribution in [0.4, 0.5) is 5.69 Å². The molecule has 0 bridgehead atoms. The van der Waals surface area contributed by atoms with Gasteiger partial charge in [-0.1, -0.05) is 30.3 Å². The van der Waals surface area contributed by atoms with Crippen LogP contribution in [0.1, 0.15) is 15.9 Å². The van der Waals surface area contributed by atoms with Gasteiger partial charge in [-0.2, -0.15) is 5.10 Å². The van der Waals surface area contributed by atoms with Crippen molar-refractivity contribution >= 4 is 11.6 Å². The predicted molar refractivity (Wildman–Crippen MR) is 82.8 cm³/mol. The van der Waals surface area contributed by atoms with Gasteiger partial charge in [-0.05, 0) is 11.6 Å². The second kappa shape index (κ2) is 6.09. The molecule has 22 heavy (non-hydrogen) atoms. The van der Waals surface area contributed by atoms with Crippen LogP contribution in [0, 0.1) is 0 Å². The van der Waals surface area contributed by atoms with Crippen molar-refractivity contribution in [3.63, 3.8) is 0 Å². The third-order valence-corrected chi connectivity index (χ3v) is 3.12. The maximum atomic E-state index is 12.1. The highest BCUT2D eigenvalue weighted by molar-refractivity contribution is 6.03. The molecule has 1 amide bonds. The first-order valence-corrected chi connectivity index (χ1v) is 6.77. The fraction of sp³-hybridized carbons (Fsp3) is 0.0625. The van der Waals surface area contributed by atoms with Crippen LogP contribution in [0.2, 0.25) is 0 Å². The molecule has 0 aliphatic heterocycles. The minimum atomic E-state index is -0.301. The average molecular weight is 294 g/mol. The summed E-state index contributed by atoms with van der Waals surface area (Å²) in [5.41, 5.74) is 1.73. The average Bonchev–Trinajstić information content (AvgIpc) is 2.97. The molecule has 0 atom stereocenters. The second-order valence-electron chi connectivity index (χ2n) is 4.81. The standard InChI is InChI=1S/C16H14N4O2/c21-15-8-14(6-7-17-15)19-16(22)13-9-18-20(11-13)10-12-4-2-1-3-5-12/h1-9,11H,10H2,(H2,17,19,21,22). The van der Waals surface area contributed by atoms with Gasteiger partial charge in [0.25, 0.3) is 5.91 Å².